The van der Waals surface area contributed by atoms with Crippen molar-refractivity contribution in [2.75, 3.05) is 39.3 Å². The molecular formula is C13H23N3O. The normalized spacial score (nSPS) is 32.8. The molecule has 0 aromatic rings. The molecule has 1 N–H and O–H groups in total. The Hall–Kier alpha value is -0.610. The number of nitrogens with one attached hydrogen (secondary N) is 1. The fourth-order valence-corrected chi connectivity index (χ4v) is 3.02. The van der Waals surface area contributed by atoms with Gasteiger partial charge in [-0.1, -0.05) is 6.92 Å². The molecule has 0 aromatic carbocycles. The maximum atomic E-state index is 12.2. The van der Waals surface area contributed by atoms with Crippen LogP contribution < -0.4 is 5.32 Å². The van der Waals surface area contributed by atoms with Crippen molar-refractivity contribution in [2.24, 2.45) is 5.41 Å². The van der Waals surface area contributed by atoms with Gasteiger partial charge in [0.05, 0.1) is 0 Å². The van der Waals surface area contributed by atoms with E-state index in [-0.39, 0.29) is 5.41 Å². The molecule has 1 aliphatic carbocycles. The lowest BCUT2D eigenvalue weighted by atomic mass is 10.1. The molecule has 1 unspecified atom stereocenters. The summed E-state index contributed by atoms with van der Waals surface area (Å²) in [4.78, 5) is 16.8. The van der Waals surface area contributed by atoms with E-state index in [1.807, 2.05) is 0 Å². The Labute approximate surface area is 103 Å². The van der Waals surface area contributed by atoms with Gasteiger partial charge in [-0.15, -0.1) is 0 Å². The molecular weight excluding hydrogens is 214 g/mol. The van der Waals surface area contributed by atoms with E-state index in [9.17, 15) is 4.79 Å². The Morgan fingerprint density at radius 1 is 1.24 bits per heavy atom. The fourth-order valence-electron chi connectivity index (χ4n) is 3.02. The van der Waals surface area contributed by atoms with Crippen LogP contribution in [0.25, 0.3) is 0 Å². The highest BCUT2D eigenvalue weighted by atomic mass is 16.2. The van der Waals surface area contributed by atoms with Gasteiger partial charge < -0.3 is 10.2 Å². The summed E-state index contributed by atoms with van der Waals surface area (Å²) < 4.78 is 0. The highest BCUT2D eigenvalue weighted by Crippen LogP contribution is 2.46. The minimum Gasteiger partial charge on any atom is -0.340 e. The predicted octanol–water partition coefficient (Wildman–Crippen LogP) is 0.293. The van der Waals surface area contributed by atoms with Crippen LogP contribution in [0.2, 0.25) is 0 Å². The van der Waals surface area contributed by atoms with Gasteiger partial charge in [0, 0.05) is 44.2 Å². The van der Waals surface area contributed by atoms with Gasteiger partial charge in [0.1, 0.15) is 0 Å². The summed E-state index contributed by atoms with van der Waals surface area (Å²) in [6, 6.07) is 0.712. The number of hydrogen-bond donors (Lipinski definition) is 1. The minimum atomic E-state index is 0.0110. The Morgan fingerprint density at radius 3 is 2.47 bits per heavy atom. The quantitative estimate of drug-likeness (QED) is 0.750. The molecule has 0 spiro atoms. The van der Waals surface area contributed by atoms with Gasteiger partial charge in [0.2, 0.25) is 5.91 Å². The number of hydrogen-bond acceptors (Lipinski definition) is 3. The van der Waals surface area contributed by atoms with Crippen molar-refractivity contribution < 1.29 is 4.79 Å². The van der Waals surface area contributed by atoms with Crippen molar-refractivity contribution >= 4 is 5.91 Å². The first kappa shape index (κ1) is 11.5. The summed E-state index contributed by atoms with van der Waals surface area (Å²) in [5.74, 6) is 0.404. The van der Waals surface area contributed by atoms with Gasteiger partial charge in [0.15, 0.2) is 0 Å². The molecule has 0 radical (unpaired) electrons. The predicted molar refractivity (Wildman–Crippen MR) is 66.8 cm³/mol. The van der Waals surface area contributed by atoms with Crippen LogP contribution in [-0.2, 0) is 4.79 Å². The molecule has 1 amide bonds. The summed E-state index contributed by atoms with van der Waals surface area (Å²) in [6.45, 7) is 8.40. The average molecular weight is 237 g/mol. The maximum Gasteiger partial charge on any atom is 0.228 e. The monoisotopic (exact) mass is 237 g/mol. The van der Waals surface area contributed by atoms with Crippen LogP contribution in [0.1, 0.15) is 26.2 Å². The minimum absolute atomic E-state index is 0.0110. The maximum absolute atomic E-state index is 12.2. The SMILES string of the molecule is CC1(C(=O)N2CCN(C3CCNC3)CC2)CC1. The van der Waals surface area contributed by atoms with E-state index < -0.39 is 0 Å². The van der Waals surface area contributed by atoms with E-state index in [1.165, 1.54) is 6.42 Å². The molecule has 1 atom stereocenters. The number of amides is 1. The van der Waals surface area contributed by atoms with Crippen LogP contribution in [0.15, 0.2) is 0 Å². The van der Waals surface area contributed by atoms with Crippen molar-refractivity contribution in [3.05, 3.63) is 0 Å². The third-order valence-electron chi connectivity index (χ3n) is 4.67. The number of rotatable bonds is 2. The Kier molecular flexibility index (Phi) is 2.87. The third-order valence-corrected chi connectivity index (χ3v) is 4.67. The number of nitrogens with zero attached hydrogens (tertiary/aromatic N) is 2. The third kappa shape index (κ3) is 2.20. The summed E-state index contributed by atoms with van der Waals surface area (Å²) >= 11 is 0. The van der Waals surface area contributed by atoms with Crippen molar-refractivity contribution in [1.82, 2.24) is 15.1 Å². The summed E-state index contributed by atoms with van der Waals surface area (Å²) in [5.41, 5.74) is 0.0110. The Balaban J connectivity index is 1.51. The second-order valence-electron chi connectivity index (χ2n) is 6.04. The standard InChI is InChI=1S/C13H23N3O/c1-13(3-4-13)12(17)16-8-6-15(7-9-16)11-2-5-14-10-11/h11,14H,2-10H2,1H3. The van der Waals surface area contributed by atoms with Crippen LogP contribution in [0, 0.1) is 5.41 Å². The largest absolute Gasteiger partial charge is 0.340 e. The summed E-state index contributed by atoms with van der Waals surface area (Å²) in [7, 11) is 0. The van der Waals surface area contributed by atoms with Gasteiger partial charge in [0.25, 0.3) is 0 Å². The molecule has 0 bridgehead atoms. The molecule has 4 heteroatoms. The van der Waals surface area contributed by atoms with E-state index in [0.717, 1.165) is 52.1 Å². The zero-order valence-electron chi connectivity index (χ0n) is 10.7. The molecule has 4 nitrogen and oxygen atoms in total. The Morgan fingerprint density at radius 2 is 1.94 bits per heavy atom. The van der Waals surface area contributed by atoms with Crippen LogP contribution in [0.5, 0.6) is 0 Å². The van der Waals surface area contributed by atoms with Gasteiger partial charge in [-0.2, -0.15) is 0 Å². The highest BCUT2D eigenvalue weighted by Gasteiger charge is 2.47. The molecule has 3 rings (SSSR count). The number of piperazine rings is 1. The molecule has 96 valence electrons. The Bertz CT molecular complexity index is 300. The zero-order valence-corrected chi connectivity index (χ0v) is 10.7. The molecule has 1 saturated carbocycles. The van der Waals surface area contributed by atoms with E-state index >= 15 is 0 Å². The fraction of sp³-hybridized carbons (Fsp3) is 0.923. The number of carbonyl (C=O) groups excluding carboxylic acids is 1. The lowest BCUT2D eigenvalue weighted by Crippen LogP contribution is -2.53. The molecule has 2 heterocycles. The average Bonchev–Trinajstić information content (AvgIpc) is 2.91. The first-order chi connectivity index (χ1) is 8.19. The molecule has 3 aliphatic rings. The molecule has 3 fully saturated rings. The first-order valence-electron chi connectivity index (χ1n) is 6.93. The molecule has 17 heavy (non-hydrogen) atoms. The van der Waals surface area contributed by atoms with E-state index in [2.05, 4.69) is 22.0 Å². The summed E-state index contributed by atoms with van der Waals surface area (Å²) in [6.07, 6.45) is 3.46. The van der Waals surface area contributed by atoms with Crippen LogP contribution in [0.3, 0.4) is 0 Å². The van der Waals surface area contributed by atoms with Gasteiger partial charge in [-0.25, -0.2) is 0 Å². The van der Waals surface area contributed by atoms with Crippen molar-refractivity contribution in [3.8, 4) is 0 Å². The van der Waals surface area contributed by atoms with Gasteiger partial charge in [-0.05, 0) is 25.8 Å². The van der Waals surface area contributed by atoms with Crippen molar-refractivity contribution in [1.29, 1.82) is 0 Å². The molecule has 2 aliphatic heterocycles. The molecule has 2 saturated heterocycles. The van der Waals surface area contributed by atoms with Gasteiger partial charge >= 0.3 is 0 Å². The lowest BCUT2D eigenvalue weighted by Gasteiger charge is -2.38. The van der Waals surface area contributed by atoms with E-state index in [4.69, 9.17) is 0 Å². The molecule has 0 aromatic heterocycles. The van der Waals surface area contributed by atoms with Crippen molar-refractivity contribution in [2.45, 2.75) is 32.2 Å². The van der Waals surface area contributed by atoms with Gasteiger partial charge in [-0.3, -0.25) is 9.69 Å². The highest BCUT2D eigenvalue weighted by molar-refractivity contribution is 5.85. The van der Waals surface area contributed by atoms with E-state index in [1.54, 1.807) is 0 Å². The smallest absolute Gasteiger partial charge is 0.228 e. The topological polar surface area (TPSA) is 35.6 Å². The first-order valence-corrected chi connectivity index (χ1v) is 6.93. The van der Waals surface area contributed by atoms with Crippen LogP contribution in [-0.4, -0.2) is 61.0 Å². The van der Waals surface area contributed by atoms with Crippen molar-refractivity contribution in [3.63, 3.8) is 0 Å². The van der Waals surface area contributed by atoms with Crippen LogP contribution >= 0.6 is 0 Å². The zero-order chi connectivity index (χ0) is 11.9. The second kappa shape index (κ2) is 4.25. The lowest BCUT2D eigenvalue weighted by molar-refractivity contribution is -0.138. The second-order valence-corrected chi connectivity index (χ2v) is 6.04. The summed E-state index contributed by atoms with van der Waals surface area (Å²) in [5, 5.41) is 3.42. The number of carbonyl (C=O) groups is 1. The van der Waals surface area contributed by atoms with E-state index in [0.29, 0.717) is 11.9 Å². The van der Waals surface area contributed by atoms with Crippen LogP contribution in [0.4, 0.5) is 0 Å².